The molecule has 128 valence electrons. The summed E-state index contributed by atoms with van der Waals surface area (Å²) in [4.78, 5) is 24.0. The van der Waals surface area contributed by atoms with Crippen LogP contribution in [0, 0.1) is 6.92 Å². The summed E-state index contributed by atoms with van der Waals surface area (Å²) in [5.41, 5.74) is -1.05. The molecule has 0 atom stereocenters. The van der Waals surface area contributed by atoms with Crippen molar-refractivity contribution in [1.82, 2.24) is 4.57 Å². The molecule has 0 spiro atoms. The van der Waals surface area contributed by atoms with Gasteiger partial charge in [0.2, 0.25) is 5.91 Å². The normalized spacial score (nSPS) is 11.4. The zero-order valence-corrected chi connectivity index (χ0v) is 14.6. The summed E-state index contributed by atoms with van der Waals surface area (Å²) in [6.45, 7) is 1.23. The smallest absolute Gasteiger partial charge is 0.323 e. The van der Waals surface area contributed by atoms with Crippen molar-refractivity contribution in [2.75, 3.05) is 5.32 Å². The maximum absolute atomic E-state index is 12.7. The number of alkyl halides is 3. The van der Waals surface area contributed by atoms with E-state index in [1.165, 1.54) is 6.20 Å². The quantitative estimate of drug-likeness (QED) is 0.803. The molecule has 0 aliphatic carbocycles. The summed E-state index contributed by atoms with van der Waals surface area (Å²) in [6.07, 6.45) is -3.13. The average Bonchev–Trinajstić information content (AvgIpc) is 2.45. The first kappa shape index (κ1) is 18.5. The van der Waals surface area contributed by atoms with Crippen molar-refractivity contribution in [3.63, 3.8) is 0 Å². The Morgan fingerprint density at radius 2 is 2.00 bits per heavy atom. The van der Waals surface area contributed by atoms with E-state index in [1.807, 2.05) is 0 Å². The molecule has 2 aromatic rings. The minimum atomic E-state index is -4.55. The summed E-state index contributed by atoms with van der Waals surface area (Å²) in [6, 6.07) is 4.21. The van der Waals surface area contributed by atoms with Crippen LogP contribution < -0.4 is 10.9 Å². The van der Waals surface area contributed by atoms with Gasteiger partial charge in [0.1, 0.15) is 6.54 Å². The van der Waals surface area contributed by atoms with Crippen LogP contribution in [-0.2, 0) is 17.5 Å². The fraction of sp³-hybridized carbons (Fsp3) is 0.200. The Labute approximate surface area is 148 Å². The Bertz CT molecular complexity index is 850. The van der Waals surface area contributed by atoms with Gasteiger partial charge in [0.05, 0.1) is 16.3 Å². The van der Waals surface area contributed by atoms with Crippen molar-refractivity contribution in [1.29, 1.82) is 0 Å². The second kappa shape index (κ2) is 6.98. The van der Waals surface area contributed by atoms with E-state index < -0.39 is 17.6 Å². The van der Waals surface area contributed by atoms with Crippen molar-refractivity contribution >= 4 is 39.1 Å². The highest BCUT2D eigenvalue weighted by Gasteiger charge is 2.31. The number of carbonyl (C=O) groups is 1. The number of pyridine rings is 1. The van der Waals surface area contributed by atoms with E-state index in [4.69, 9.17) is 11.6 Å². The van der Waals surface area contributed by atoms with Crippen LogP contribution in [0.15, 0.2) is 39.7 Å². The zero-order chi connectivity index (χ0) is 18.1. The molecule has 4 nitrogen and oxygen atoms in total. The van der Waals surface area contributed by atoms with Gasteiger partial charge in [-0.2, -0.15) is 13.2 Å². The number of benzene rings is 1. The Balaban J connectivity index is 2.23. The fourth-order valence-electron chi connectivity index (χ4n) is 2.00. The van der Waals surface area contributed by atoms with Crippen LogP contribution in [-0.4, -0.2) is 10.5 Å². The van der Waals surface area contributed by atoms with Crippen molar-refractivity contribution in [3.05, 3.63) is 61.4 Å². The Morgan fingerprint density at radius 1 is 1.33 bits per heavy atom. The number of hydrogen-bond donors (Lipinski definition) is 1. The van der Waals surface area contributed by atoms with E-state index in [0.717, 1.165) is 22.8 Å². The molecule has 0 aliphatic heterocycles. The molecule has 0 unspecified atom stereocenters. The van der Waals surface area contributed by atoms with Crippen molar-refractivity contribution in [3.8, 4) is 0 Å². The van der Waals surface area contributed by atoms with Crippen LogP contribution in [0.3, 0.4) is 0 Å². The lowest BCUT2D eigenvalue weighted by Crippen LogP contribution is -2.28. The van der Waals surface area contributed by atoms with E-state index in [2.05, 4.69) is 21.2 Å². The largest absolute Gasteiger partial charge is 0.416 e. The highest BCUT2D eigenvalue weighted by molar-refractivity contribution is 9.10. The summed E-state index contributed by atoms with van der Waals surface area (Å²) in [7, 11) is 0. The van der Waals surface area contributed by atoms with Gasteiger partial charge >= 0.3 is 6.18 Å². The second-order valence-electron chi connectivity index (χ2n) is 5.01. The summed E-state index contributed by atoms with van der Waals surface area (Å²) in [5, 5.41) is 2.26. The first-order chi connectivity index (χ1) is 11.1. The number of aromatic nitrogens is 1. The lowest BCUT2D eigenvalue weighted by atomic mass is 10.2. The Kier molecular flexibility index (Phi) is 5.39. The number of hydrogen-bond acceptors (Lipinski definition) is 2. The van der Waals surface area contributed by atoms with Gasteiger partial charge in [0.15, 0.2) is 0 Å². The molecular formula is C15H11BrClF3N2O2. The number of nitrogens with zero attached hydrogens (tertiary/aromatic N) is 1. The highest BCUT2D eigenvalue weighted by atomic mass is 79.9. The van der Waals surface area contributed by atoms with Crippen molar-refractivity contribution in [2.45, 2.75) is 19.6 Å². The Hall–Kier alpha value is -1.80. The van der Waals surface area contributed by atoms with Gasteiger partial charge in [-0.1, -0.05) is 11.6 Å². The molecule has 0 aliphatic rings. The summed E-state index contributed by atoms with van der Waals surface area (Å²) in [5.74, 6) is -0.671. The fourth-order valence-corrected chi connectivity index (χ4v) is 2.75. The van der Waals surface area contributed by atoms with Crippen LogP contribution in [0.1, 0.15) is 11.1 Å². The lowest BCUT2D eigenvalue weighted by Gasteiger charge is -2.12. The van der Waals surface area contributed by atoms with Gasteiger partial charge in [-0.25, -0.2) is 0 Å². The van der Waals surface area contributed by atoms with Gasteiger partial charge in [-0.05, 0) is 47.1 Å². The van der Waals surface area contributed by atoms with Crippen molar-refractivity contribution in [2.24, 2.45) is 0 Å². The molecule has 1 aromatic heterocycles. The van der Waals surface area contributed by atoms with Gasteiger partial charge in [0, 0.05) is 16.2 Å². The van der Waals surface area contributed by atoms with Gasteiger partial charge in [0.25, 0.3) is 5.56 Å². The molecule has 9 heteroatoms. The number of rotatable bonds is 3. The van der Waals surface area contributed by atoms with Gasteiger partial charge in [-0.15, -0.1) is 0 Å². The average molecular weight is 424 g/mol. The van der Waals surface area contributed by atoms with E-state index in [1.54, 1.807) is 13.0 Å². The predicted octanol–water partition coefficient (Wildman–Crippen LogP) is 4.23. The molecule has 1 N–H and O–H groups in total. The first-order valence-corrected chi connectivity index (χ1v) is 7.78. The minimum absolute atomic E-state index is 0.0332. The molecule has 1 heterocycles. The maximum Gasteiger partial charge on any atom is 0.416 e. The van der Waals surface area contributed by atoms with Gasteiger partial charge in [-0.3, -0.25) is 9.59 Å². The topological polar surface area (TPSA) is 51.1 Å². The number of carbonyl (C=O) groups excluding carboxylic acids is 1. The molecular weight excluding hydrogens is 413 g/mol. The Morgan fingerprint density at radius 3 is 2.62 bits per heavy atom. The highest BCUT2D eigenvalue weighted by Crippen LogP contribution is 2.33. The third-order valence-electron chi connectivity index (χ3n) is 3.11. The van der Waals surface area contributed by atoms with Crippen LogP contribution in [0.5, 0.6) is 0 Å². The number of halogens is 5. The monoisotopic (exact) mass is 422 g/mol. The number of nitrogens with one attached hydrogen (secondary N) is 1. The van der Waals surface area contributed by atoms with E-state index >= 15 is 0 Å². The van der Waals surface area contributed by atoms with Gasteiger partial charge < -0.3 is 9.88 Å². The molecule has 0 bridgehead atoms. The van der Waals surface area contributed by atoms with Crippen LogP contribution >= 0.6 is 27.5 Å². The zero-order valence-electron chi connectivity index (χ0n) is 12.2. The van der Waals surface area contributed by atoms with Crippen LogP contribution in [0.25, 0.3) is 0 Å². The third-order valence-corrected chi connectivity index (χ3v) is 3.88. The maximum atomic E-state index is 12.7. The molecule has 1 amide bonds. The molecule has 24 heavy (non-hydrogen) atoms. The van der Waals surface area contributed by atoms with Crippen LogP contribution in [0.2, 0.25) is 5.02 Å². The molecule has 0 saturated carbocycles. The standard InChI is InChI=1S/C15H11BrClF3N2O2/c1-8-4-10(16)6-22(14(8)24)7-13(23)21-12-5-9(15(18,19)20)2-3-11(12)17/h2-6H,7H2,1H3,(H,21,23). The summed E-state index contributed by atoms with van der Waals surface area (Å²) < 4.78 is 39.9. The molecule has 2 rings (SSSR count). The minimum Gasteiger partial charge on any atom is -0.323 e. The SMILES string of the molecule is Cc1cc(Br)cn(CC(=O)Nc2cc(C(F)(F)F)ccc2Cl)c1=O. The summed E-state index contributed by atoms with van der Waals surface area (Å²) >= 11 is 9.03. The predicted molar refractivity (Wildman–Crippen MR) is 88.2 cm³/mol. The third kappa shape index (κ3) is 4.39. The molecule has 0 saturated heterocycles. The van der Waals surface area contributed by atoms with E-state index in [9.17, 15) is 22.8 Å². The molecule has 1 aromatic carbocycles. The van der Waals surface area contributed by atoms with E-state index in [-0.39, 0.29) is 22.8 Å². The van der Waals surface area contributed by atoms with Crippen molar-refractivity contribution < 1.29 is 18.0 Å². The number of anilines is 1. The lowest BCUT2D eigenvalue weighted by molar-refractivity contribution is -0.137. The van der Waals surface area contributed by atoms with Crippen LogP contribution in [0.4, 0.5) is 18.9 Å². The second-order valence-corrected chi connectivity index (χ2v) is 6.34. The molecule has 0 radical (unpaired) electrons. The number of amides is 1. The molecule has 0 fully saturated rings. The number of aryl methyl sites for hydroxylation is 1. The van der Waals surface area contributed by atoms with E-state index in [0.29, 0.717) is 10.0 Å². The first-order valence-electron chi connectivity index (χ1n) is 6.61.